The summed E-state index contributed by atoms with van der Waals surface area (Å²) in [6, 6.07) is 2.63. The predicted molar refractivity (Wildman–Crippen MR) is 92.7 cm³/mol. The fourth-order valence-electron chi connectivity index (χ4n) is 3.09. The number of aromatic nitrogens is 2. The number of hydrogen-bond acceptors (Lipinski definition) is 2. The summed E-state index contributed by atoms with van der Waals surface area (Å²) < 4.78 is 2.16. The van der Waals surface area contributed by atoms with Gasteiger partial charge in [0.05, 0.1) is 12.5 Å². The molecule has 22 heavy (non-hydrogen) atoms. The molecule has 0 aromatic carbocycles. The maximum atomic E-state index is 9.00. The zero-order chi connectivity index (χ0) is 16.0. The third kappa shape index (κ3) is 7.64. The topological polar surface area (TPSA) is 41.6 Å². The predicted octanol–water partition coefficient (Wildman–Crippen LogP) is 5.96. The van der Waals surface area contributed by atoms with Gasteiger partial charge in [-0.1, -0.05) is 71.1 Å². The zero-order valence-electron chi connectivity index (χ0n) is 14.6. The van der Waals surface area contributed by atoms with E-state index in [0.717, 1.165) is 12.2 Å². The first kappa shape index (κ1) is 18.7. The number of imidazole rings is 1. The van der Waals surface area contributed by atoms with Gasteiger partial charge in [0, 0.05) is 18.4 Å². The van der Waals surface area contributed by atoms with E-state index in [9.17, 15) is 0 Å². The van der Waals surface area contributed by atoms with Crippen LogP contribution in [0.15, 0.2) is 12.4 Å². The fraction of sp³-hybridized carbons (Fsp3) is 0.789. The Kier molecular flexibility index (Phi) is 10.5. The minimum atomic E-state index is 0.307. The first-order chi connectivity index (χ1) is 10.8. The highest BCUT2D eigenvalue weighted by Gasteiger charge is 2.11. The van der Waals surface area contributed by atoms with Crippen LogP contribution < -0.4 is 0 Å². The minimum Gasteiger partial charge on any atom is -0.331 e. The van der Waals surface area contributed by atoms with Crippen LogP contribution in [0.3, 0.4) is 0 Å². The smallest absolute Gasteiger partial charge is 0.105 e. The molecule has 1 rings (SSSR count). The van der Waals surface area contributed by atoms with Gasteiger partial charge in [0.15, 0.2) is 0 Å². The number of nitriles is 1. The van der Waals surface area contributed by atoms with Crippen molar-refractivity contribution in [1.82, 2.24) is 9.55 Å². The third-order valence-electron chi connectivity index (χ3n) is 4.47. The lowest BCUT2D eigenvalue weighted by Crippen LogP contribution is -2.09. The van der Waals surface area contributed by atoms with Crippen LogP contribution in [0.1, 0.15) is 95.8 Å². The molecule has 0 amide bonds. The van der Waals surface area contributed by atoms with Crippen molar-refractivity contribution in [2.45, 2.75) is 96.9 Å². The number of nitrogens with zero attached hydrogens (tertiary/aromatic N) is 3. The lowest BCUT2D eigenvalue weighted by molar-refractivity contribution is 0.435. The van der Waals surface area contributed by atoms with Crippen LogP contribution in [0.5, 0.6) is 0 Å². The van der Waals surface area contributed by atoms with Crippen molar-refractivity contribution in [3.63, 3.8) is 0 Å². The van der Waals surface area contributed by atoms with E-state index in [4.69, 9.17) is 5.26 Å². The molecule has 1 aromatic heterocycles. The molecule has 1 unspecified atom stereocenters. The van der Waals surface area contributed by atoms with E-state index in [1.807, 2.05) is 19.3 Å². The molecule has 0 aliphatic carbocycles. The Labute approximate surface area is 136 Å². The molecule has 0 spiro atoms. The maximum absolute atomic E-state index is 9.00. The number of unbranched alkanes of at least 4 members (excludes halogenated alkanes) is 9. The molecule has 1 atom stereocenters. The van der Waals surface area contributed by atoms with Gasteiger partial charge in [0.25, 0.3) is 0 Å². The van der Waals surface area contributed by atoms with Crippen molar-refractivity contribution >= 4 is 0 Å². The van der Waals surface area contributed by atoms with Crippen molar-refractivity contribution in [3.8, 4) is 6.07 Å². The molecule has 3 nitrogen and oxygen atoms in total. The van der Waals surface area contributed by atoms with E-state index >= 15 is 0 Å². The van der Waals surface area contributed by atoms with Crippen LogP contribution in [0, 0.1) is 18.3 Å². The van der Waals surface area contributed by atoms with Gasteiger partial charge in [-0.25, -0.2) is 4.98 Å². The van der Waals surface area contributed by atoms with Crippen LogP contribution in [0.25, 0.3) is 0 Å². The lowest BCUT2D eigenvalue weighted by atomic mass is 10.0. The summed E-state index contributed by atoms with van der Waals surface area (Å²) in [6.07, 6.45) is 19.1. The molecular formula is C19H33N3. The summed E-state index contributed by atoms with van der Waals surface area (Å²) in [5.74, 6) is 1.02. The van der Waals surface area contributed by atoms with E-state index in [1.165, 1.54) is 64.2 Å². The Bertz CT molecular complexity index is 417. The molecule has 1 heterocycles. The summed E-state index contributed by atoms with van der Waals surface area (Å²) >= 11 is 0. The van der Waals surface area contributed by atoms with Gasteiger partial charge in [0.1, 0.15) is 5.82 Å². The van der Waals surface area contributed by atoms with Crippen LogP contribution in [0.2, 0.25) is 0 Å². The zero-order valence-corrected chi connectivity index (χ0v) is 14.6. The van der Waals surface area contributed by atoms with Crippen molar-refractivity contribution in [3.05, 3.63) is 18.2 Å². The molecule has 124 valence electrons. The van der Waals surface area contributed by atoms with Gasteiger partial charge < -0.3 is 4.57 Å². The molecule has 0 fully saturated rings. The van der Waals surface area contributed by atoms with Crippen molar-refractivity contribution < 1.29 is 0 Å². The molecular weight excluding hydrogens is 270 g/mol. The summed E-state index contributed by atoms with van der Waals surface area (Å²) in [4.78, 5) is 4.27. The van der Waals surface area contributed by atoms with Gasteiger partial charge in [-0.05, 0) is 13.3 Å². The average Bonchev–Trinajstić information content (AvgIpc) is 2.94. The van der Waals surface area contributed by atoms with Crippen LogP contribution in [0.4, 0.5) is 0 Å². The molecule has 3 heteroatoms. The molecule has 0 radical (unpaired) electrons. The Morgan fingerprint density at radius 1 is 1.05 bits per heavy atom. The minimum absolute atomic E-state index is 0.307. The molecule has 0 saturated carbocycles. The molecule has 0 N–H and O–H groups in total. The monoisotopic (exact) mass is 303 g/mol. The second-order valence-electron chi connectivity index (χ2n) is 6.37. The summed E-state index contributed by atoms with van der Waals surface area (Å²) in [7, 11) is 0. The molecule has 1 aromatic rings. The number of aryl methyl sites for hydroxylation is 1. The van der Waals surface area contributed by atoms with E-state index in [1.54, 1.807) is 0 Å². The van der Waals surface area contributed by atoms with Crippen molar-refractivity contribution in [2.24, 2.45) is 0 Å². The number of rotatable bonds is 13. The normalized spacial score (nSPS) is 12.2. The molecule has 0 saturated heterocycles. The van der Waals surface area contributed by atoms with E-state index in [2.05, 4.69) is 22.5 Å². The highest BCUT2D eigenvalue weighted by Crippen LogP contribution is 2.21. The summed E-state index contributed by atoms with van der Waals surface area (Å²) in [5.41, 5.74) is 0. The highest BCUT2D eigenvalue weighted by molar-refractivity contribution is 4.94. The van der Waals surface area contributed by atoms with Gasteiger partial charge in [0.2, 0.25) is 0 Å². The van der Waals surface area contributed by atoms with Crippen LogP contribution in [-0.2, 0) is 0 Å². The largest absolute Gasteiger partial charge is 0.331 e. The van der Waals surface area contributed by atoms with Crippen molar-refractivity contribution in [2.75, 3.05) is 0 Å². The first-order valence-corrected chi connectivity index (χ1v) is 9.16. The summed E-state index contributed by atoms with van der Waals surface area (Å²) in [6.45, 7) is 4.29. The van der Waals surface area contributed by atoms with E-state index < -0.39 is 0 Å². The maximum Gasteiger partial charge on any atom is 0.105 e. The second kappa shape index (κ2) is 12.3. The number of hydrogen-bond donors (Lipinski definition) is 0. The van der Waals surface area contributed by atoms with Crippen LogP contribution in [-0.4, -0.2) is 9.55 Å². The standard InChI is InChI=1S/C19H33N3/c1-3-4-5-6-7-8-9-10-11-12-13-19(14-15-20)22-17-16-21-18(22)2/h16-17,19H,3-14H2,1-2H3. The average molecular weight is 303 g/mol. The van der Waals surface area contributed by atoms with Gasteiger partial charge >= 0.3 is 0 Å². The molecule has 0 bridgehead atoms. The molecule has 0 aliphatic rings. The fourth-order valence-corrected chi connectivity index (χ4v) is 3.09. The van der Waals surface area contributed by atoms with E-state index in [0.29, 0.717) is 12.5 Å². The van der Waals surface area contributed by atoms with Crippen LogP contribution >= 0.6 is 0 Å². The Balaban J connectivity index is 2.07. The lowest BCUT2D eigenvalue weighted by Gasteiger charge is -2.17. The summed E-state index contributed by atoms with van der Waals surface area (Å²) in [5, 5.41) is 9.00. The van der Waals surface area contributed by atoms with Gasteiger partial charge in [-0.2, -0.15) is 5.26 Å². The highest BCUT2D eigenvalue weighted by atomic mass is 15.1. The SMILES string of the molecule is CCCCCCCCCCCCC(CC#N)n1ccnc1C. The van der Waals surface area contributed by atoms with Gasteiger partial charge in [-0.15, -0.1) is 0 Å². The van der Waals surface area contributed by atoms with Gasteiger partial charge in [-0.3, -0.25) is 0 Å². The Morgan fingerprint density at radius 3 is 2.14 bits per heavy atom. The molecule has 0 aliphatic heterocycles. The van der Waals surface area contributed by atoms with E-state index in [-0.39, 0.29) is 0 Å². The first-order valence-electron chi connectivity index (χ1n) is 9.16. The third-order valence-corrected chi connectivity index (χ3v) is 4.47. The Morgan fingerprint density at radius 2 is 1.64 bits per heavy atom. The van der Waals surface area contributed by atoms with Crippen molar-refractivity contribution in [1.29, 1.82) is 5.26 Å². The quantitative estimate of drug-likeness (QED) is 0.422. The second-order valence-corrected chi connectivity index (χ2v) is 6.37. The Hall–Kier alpha value is -1.30.